The zero-order valence-corrected chi connectivity index (χ0v) is 13.4. The molecule has 0 atom stereocenters. The first-order chi connectivity index (χ1) is 11.8. The first-order valence-corrected chi connectivity index (χ1v) is 8.26. The van der Waals surface area contributed by atoms with E-state index in [-0.39, 0.29) is 5.91 Å². The lowest BCUT2D eigenvalue weighted by Gasteiger charge is -2.22. The van der Waals surface area contributed by atoms with E-state index in [1.165, 1.54) is 0 Å². The molecule has 1 saturated carbocycles. The van der Waals surface area contributed by atoms with Gasteiger partial charge in [0, 0.05) is 18.8 Å². The van der Waals surface area contributed by atoms with Gasteiger partial charge in [0.1, 0.15) is 0 Å². The summed E-state index contributed by atoms with van der Waals surface area (Å²) < 4.78 is 1.75. The van der Waals surface area contributed by atoms with Crippen LogP contribution in [0, 0.1) is 0 Å². The maximum absolute atomic E-state index is 12.9. The fraction of sp³-hybridized carbons (Fsp3) is 0.200. The molecule has 0 spiro atoms. The zero-order valence-electron chi connectivity index (χ0n) is 13.4. The van der Waals surface area contributed by atoms with Crippen molar-refractivity contribution in [3.63, 3.8) is 0 Å². The minimum Gasteiger partial charge on any atom is -0.331 e. The highest BCUT2D eigenvalue weighted by Crippen LogP contribution is 2.29. The molecular formula is C20H19N3O. The Kier molecular flexibility index (Phi) is 3.87. The average molecular weight is 317 g/mol. The Hall–Kier alpha value is -2.88. The standard InChI is InChI=1S/C20H19N3O/c24-20(17-13-21-23(15-17)19-9-5-2-6-10-19)22(18-11-12-18)14-16-7-3-1-4-8-16/h1-10,13,15,18H,11-12,14H2. The van der Waals surface area contributed by atoms with Crippen LogP contribution in [0.15, 0.2) is 73.1 Å². The van der Waals surface area contributed by atoms with E-state index < -0.39 is 0 Å². The quantitative estimate of drug-likeness (QED) is 0.720. The first kappa shape index (κ1) is 14.7. The summed E-state index contributed by atoms with van der Waals surface area (Å²) in [6, 6.07) is 20.4. The van der Waals surface area contributed by atoms with Gasteiger partial charge in [0.2, 0.25) is 0 Å². The van der Waals surface area contributed by atoms with Gasteiger partial charge in [-0.1, -0.05) is 48.5 Å². The van der Waals surface area contributed by atoms with Gasteiger partial charge in [-0.15, -0.1) is 0 Å². The fourth-order valence-electron chi connectivity index (χ4n) is 2.85. The third-order valence-corrected chi connectivity index (χ3v) is 4.29. The van der Waals surface area contributed by atoms with Gasteiger partial charge in [-0.05, 0) is 30.5 Å². The smallest absolute Gasteiger partial charge is 0.257 e. The van der Waals surface area contributed by atoms with Crippen LogP contribution < -0.4 is 0 Å². The molecule has 24 heavy (non-hydrogen) atoms. The molecule has 1 aromatic heterocycles. The molecule has 4 heteroatoms. The molecule has 1 heterocycles. The van der Waals surface area contributed by atoms with Crippen molar-refractivity contribution < 1.29 is 4.79 Å². The lowest BCUT2D eigenvalue weighted by molar-refractivity contribution is 0.0730. The SMILES string of the molecule is O=C(c1cnn(-c2ccccc2)c1)N(Cc1ccccc1)C1CC1. The highest BCUT2D eigenvalue weighted by Gasteiger charge is 2.33. The number of hydrogen-bond acceptors (Lipinski definition) is 2. The molecule has 1 aliphatic rings. The number of hydrogen-bond donors (Lipinski definition) is 0. The van der Waals surface area contributed by atoms with Crippen molar-refractivity contribution in [3.05, 3.63) is 84.2 Å². The number of benzene rings is 2. The van der Waals surface area contributed by atoms with E-state index in [2.05, 4.69) is 17.2 Å². The Bertz CT molecular complexity index is 822. The molecule has 1 fully saturated rings. The predicted molar refractivity (Wildman–Crippen MR) is 92.9 cm³/mol. The number of nitrogens with zero attached hydrogens (tertiary/aromatic N) is 3. The Morgan fingerprint density at radius 1 is 1.04 bits per heavy atom. The van der Waals surface area contributed by atoms with E-state index in [9.17, 15) is 4.79 Å². The van der Waals surface area contributed by atoms with E-state index in [0.29, 0.717) is 18.2 Å². The van der Waals surface area contributed by atoms with Crippen LogP contribution in [0.4, 0.5) is 0 Å². The minimum atomic E-state index is 0.0588. The number of para-hydroxylation sites is 1. The zero-order chi connectivity index (χ0) is 16.4. The second-order valence-corrected chi connectivity index (χ2v) is 6.16. The van der Waals surface area contributed by atoms with Crippen molar-refractivity contribution >= 4 is 5.91 Å². The largest absolute Gasteiger partial charge is 0.331 e. The minimum absolute atomic E-state index is 0.0588. The number of carbonyl (C=O) groups is 1. The Morgan fingerprint density at radius 2 is 1.71 bits per heavy atom. The molecule has 0 unspecified atom stereocenters. The van der Waals surface area contributed by atoms with Crippen LogP contribution in [0.1, 0.15) is 28.8 Å². The van der Waals surface area contributed by atoms with Crippen LogP contribution >= 0.6 is 0 Å². The average Bonchev–Trinajstić information content (AvgIpc) is 3.36. The van der Waals surface area contributed by atoms with Crippen molar-refractivity contribution in [3.8, 4) is 5.69 Å². The lowest BCUT2D eigenvalue weighted by atomic mass is 10.2. The molecule has 0 aliphatic heterocycles. The predicted octanol–water partition coefficient (Wildman–Crippen LogP) is 3.68. The highest BCUT2D eigenvalue weighted by molar-refractivity contribution is 5.94. The van der Waals surface area contributed by atoms with E-state index in [0.717, 1.165) is 24.1 Å². The summed E-state index contributed by atoms with van der Waals surface area (Å²) in [5.41, 5.74) is 2.76. The van der Waals surface area contributed by atoms with Gasteiger partial charge in [-0.3, -0.25) is 4.79 Å². The summed E-state index contributed by atoms with van der Waals surface area (Å²) in [7, 11) is 0. The fourth-order valence-corrected chi connectivity index (χ4v) is 2.85. The first-order valence-electron chi connectivity index (χ1n) is 8.26. The van der Waals surface area contributed by atoms with Crippen LogP contribution in [0.3, 0.4) is 0 Å². The van der Waals surface area contributed by atoms with Crippen molar-refractivity contribution in [2.45, 2.75) is 25.4 Å². The van der Waals surface area contributed by atoms with Crippen LogP contribution in [0.5, 0.6) is 0 Å². The van der Waals surface area contributed by atoms with Crippen LogP contribution in [0.25, 0.3) is 5.69 Å². The summed E-state index contributed by atoms with van der Waals surface area (Å²) in [5, 5.41) is 4.35. The molecule has 1 amide bonds. The van der Waals surface area contributed by atoms with Crippen LogP contribution in [-0.4, -0.2) is 26.6 Å². The number of aromatic nitrogens is 2. The normalized spacial score (nSPS) is 13.7. The van der Waals surface area contributed by atoms with E-state index in [1.807, 2.05) is 59.6 Å². The monoisotopic (exact) mass is 317 g/mol. The molecule has 4 rings (SSSR count). The second kappa shape index (κ2) is 6.32. The number of amides is 1. The Balaban J connectivity index is 1.56. The number of carbonyl (C=O) groups excluding carboxylic acids is 1. The van der Waals surface area contributed by atoms with E-state index in [4.69, 9.17) is 0 Å². The molecule has 1 aliphatic carbocycles. The van der Waals surface area contributed by atoms with Crippen LogP contribution in [-0.2, 0) is 6.54 Å². The lowest BCUT2D eigenvalue weighted by Crippen LogP contribution is -2.32. The van der Waals surface area contributed by atoms with Crippen molar-refractivity contribution in [1.29, 1.82) is 0 Å². The van der Waals surface area contributed by atoms with Gasteiger partial charge in [0.25, 0.3) is 5.91 Å². The Morgan fingerprint density at radius 3 is 2.38 bits per heavy atom. The van der Waals surface area contributed by atoms with E-state index >= 15 is 0 Å². The topological polar surface area (TPSA) is 38.1 Å². The van der Waals surface area contributed by atoms with Crippen molar-refractivity contribution in [2.24, 2.45) is 0 Å². The maximum atomic E-state index is 12.9. The summed E-state index contributed by atoms with van der Waals surface area (Å²) in [6.45, 7) is 0.654. The van der Waals surface area contributed by atoms with Crippen LogP contribution in [0.2, 0.25) is 0 Å². The molecule has 0 N–H and O–H groups in total. The molecule has 0 saturated heterocycles. The maximum Gasteiger partial charge on any atom is 0.257 e. The molecule has 0 bridgehead atoms. The highest BCUT2D eigenvalue weighted by atomic mass is 16.2. The van der Waals surface area contributed by atoms with Gasteiger partial charge in [-0.2, -0.15) is 5.10 Å². The van der Waals surface area contributed by atoms with Gasteiger partial charge < -0.3 is 4.90 Å². The molecule has 0 radical (unpaired) electrons. The Labute approximate surface area is 141 Å². The van der Waals surface area contributed by atoms with Crippen molar-refractivity contribution in [1.82, 2.24) is 14.7 Å². The molecule has 2 aromatic carbocycles. The summed E-state index contributed by atoms with van der Waals surface area (Å²) >= 11 is 0. The molecule has 4 nitrogen and oxygen atoms in total. The van der Waals surface area contributed by atoms with E-state index in [1.54, 1.807) is 10.9 Å². The molecule has 120 valence electrons. The third kappa shape index (κ3) is 3.08. The summed E-state index contributed by atoms with van der Waals surface area (Å²) in [5.74, 6) is 0.0588. The van der Waals surface area contributed by atoms with Gasteiger partial charge in [0.05, 0.1) is 17.4 Å². The second-order valence-electron chi connectivity index (χ2n) is 6.16. The molecular weight excluding hydrogens is 298 g/mol. The van der Waals surface area contributed by atoms with Gasteiger partial charge >= 0.3 is 0 Å². The number of rotatable bonds is 5. The van der Waals surface area contributed by atoms with Gasteiger partial charge in [0.15, 0.2) is 0 Å². The molecule has 3 aromatic rings. The van der Waals surface area contributed by atoms with Gasteiger partial charge in [-0.25, -0.2) is 4.68 Å². The summed E-state index contributed by atoms with van der Waals surface area (Å²) in [4.78, 5) is 14.9. The van der Waals surface area contributed by atoms with Crippen molar-refractivity contribution in [2.75, 3.05) is 0 Å². The third-order valence-electron chi connectivity index (χ3n) is 4.29. The summed E-state index contributed by atoms with van der Waals surface area (Å²) in [6.07, 6.45) is 5.66.